The van der Waals surface area contributed by atoms with Crippen molar-refractivity contribution < 1.29 is 14.1 Å². The van der Waals surface area contributed by atoms with E-state index < -0.39 is 0 Å². The number of nitrogens with zero attached hydrogens (tertiary/aromatic N) is 2. The zero-order valence-electron chi connectivity index (χ0n) is 14.7. The van der Waals surface area contributed by atoms with Gasteiger partial charge in [-0.1, -0.05) is 35.5 Å². The second kappa shape index (κ2) is 7.32. The third-order valence-electron chi connectivity index (χ3n) is 5.09. The number of piperidine rings is 1. The first-order chi connectivity index (χ1) is 12.7. The number of carbonyl (C=O) groups is 2. The van der Waals surface area contributed by atoms with Gasteiger partial charge in [0.15, 0.2) is 5.76 Å². The average molecular weight is 353 g/mol. The molecule has 1 N–H and O–H groups in total. The van der Waals surface area contributed by atoms with Gasteiger partial charge in [-0.25, -0.2) is 0 Å². The fourth-order valence-electron chi connectivity index (χ4n) is 3.44. The number of hydrogen-bond acceptors (Lipinski definition) is 4. The maximum atomic E-state index is 12.5. The number of rotatable bonds is 5. The molecule has 1 aromatic heterocycles. The fraction of sp³-hybridized carbons (Fsp3) is 0.450. The summed E-state index contributed by atoms with van der Waals surface area (Å²) in [6.07, 6.45) is 3.72. The molecule has 2 fully saturated rings. The Morgan fingerprint density at radius 2 is 1.96 bits per heavy atom. The van der Waals surface area contributed by atoms with Crippen molar-refractivity contribution in [2.24, 2.45) is 11.8 Å². The van der Waals surface area contributed by atoms with Crippen LogP contribution in [0.1, 0.15) is 31.4 Å². The fourth-order valence-corrected chi connectivity index (χ4v) is 3.44. The molecule has 2 amide bonds. The Bertz CT molecular complexity index is 783. The molecule has 2 aliphatic rings. The van der Waals surface area contributed by atoms with Crippen molar-refractivity contribution in [3.8, 4) is 11.3 Å². The molecule has 6 heteroatoms. The topological polar surface area (TPSA) is 75.4 Å². The van der Waals surface area contributed by atoms with Gasteiger partial charge >= 0.3 is 0 Å². The van der Waals surface area contributed by atoms with Crippen molar-refractivity contribution in [1.29, 1.82) is 0 Å². The van der Waals surface area contributed by atoms with E-state index in [4.69, 9.17) is 4.52 Å². The molecular formula is C20H23N3O3. The van der Waals surface area contributed by atoms with Gasteiger partial charge in [-0.05, 0) is 25.7 Å². The van der Waals surface area contributed by atoms with Crippen LogP contribution >= 0.6 is 0 Å². The number of aromatic nitrogens is 1. The van der Waals surface area contributed by atoms with Crippen molar-refractivity contribution in [1.82, 2.24) is 15.4 Å². The van der Waals surface area contributed by atoms with Crippen LogP contribution in [0.3, 0.4) is 0 Å². The summed E-state index contributed by atoms with van der Waals surface area (Å²) in [5.41, 5.74) is 1.65. The van der Waals surface area contributed by atoms with E-state index in [0.717, 1.165) is 37.8 Å². The van der Waals surface area contributed by atoms with Gasteiger partial charge in [-0.2, -0.15) is 0 Å². The van der Waals surface area contributed by atoms with E-state index in [1.165, 1.54) is 0 Å². The Balaban J connectivity index is 1.31. The lowest BCUT2D eigenvalue weighted by Crippen LogP contribution is -2.45. The molecule has 0 bridgehead atoms. The molecule has 1 unspecified atom stereocenters. The molecule has 0 spiro atoms. The summed E-state index contributed by atoms with van der Waals surface area (Å²) >= 11 is 0. The van der Waals surface area contributed by atoms with Crippen LogP contribution in [-0.2, 0) is 16.1 Å². The number of hydrogen-bond donors (Lipinski definition) is 1. The van der Waals surface area contributed by atoms with Crippen molar-refractivity contribution in [3.63, 3.8) is 0 Å². The molecule has 1 aromatic carbocycles. The Kier molecular flexibility index (Phi) is 4.73. The highest BCUT2D eigenvalue weighted by atomic mass is 16.5. The normalized spacial score (nSPS) is 20.0. The first-order valence-electron chi connectivity index (χ1n) is 9.28. The Morgan fingerprint density at radius 1 is 1.15 bits per heavy atom. The van der Waals surface area contributed by atoms with Crippen molar-refractivity contribution in [2.75, 3.05) is 13.1 Å². The minimum Gasteiger partial charge on any atom is -0.356 e. The lowest BCUT2D eigenvalue weighted by molar-refractivity contribution is -0.136. The lowest BCUT2D eigenvalue weighted by atomic mass is 9.96. The molecule has 1 saturated carbocycles. The summed E-state index contributed by atoms with van der Waals surface area (Å²) in [4.78, 5) is 26.6. The zero-order chi connectivity index (χ0) is 17.9. The number of carbonyl (C=O) groups excluding carboxylic acids is 2. The van der Waals surface area contributed by atoms with Gasteiger partial charge in [0.1, 0.15) is 5.69 Å². The van der Waals surface area contributed by atoms with E-state index in [9.17, 15) is 9.59 Å². The molecule has 1 aliphatic heterocycles. The van der Waals surface area contributed by atoms with Crippen LogP contribution < -0.4 is 5.32 Å². The summed E-state index contributed by atoms with van der Waals surface area (Å²) in [5, 5.41) is 6.97. The largest absolute Gasteiger partial charge is 0.356 e. The number of benzene rings is 1. The maximum absolute atomic E-state index is 12.5. The van der Waals surface area contributed by atoms with Gasteiger partial charge in [-0.15, -0.1) is 0 Å². The van der Waals surface area contributed by atoms with E-state index in [2.05, 4.69) is 10.5 Å². The van der Waals surface area contributed by atoms with Gasteiger partial charge in [0.05, 0.1) is 12.5 Å². The minimum absolute atomic E-state index is 0.0115. The van der Waals surface area contributed by atoms with Crippen molar-refractivity contribution >= 4 is 11.8 Å². The molecule has 136 valence electrons. The van der Waals surface area contributed by atoms with Gasteiger partial charge in [0.25, 0.3) is 0 Å². The number of nitrogens with one attached hydrogen (secondary N) is 1. The quantitative estimate of drug-likeness (QED) is 0.896. The van der Waals surface area contributed by atoms with E-state index >= 15 is 0 Å². The highest BCUT2D eigenvalue weighted by molar-refractivity contribution is 5.83. The third-order valence-corrected chi connectivity index (χ3v) is 5.09. The van der Waals surface area contributed by atoms with Crippen LogP contribution in [-0.4, -0.2) is 35.0 Å². The second-order valence-corrected chi connectivity index (χ2v) is 7.16. The number of amides is 2. The van der Waals surface area contributed by atoms with Gasteiger partial charge in [-0.3, -0.25) is 9.59 Å². The zero-order valence-corrected chi connectivity index (χ0v) is 14.7. The monoisotopic (exact) mass is 353 g/mol. The van der Waals surface area contributed by atoms with Crippen LogP contribution in [0.4, 0.5) is 0 Å². The van der Waals surface area contributed by atoms with Crippen LogP contribution in [0.25, 0.3) is 11.3 Å². The summed E-state index contributed by atoms with van der Waals surface area (Å²) in [5.74, 6) is 0.984. The average Bonchev–Trinajstić information content (AvgIpc) is 3.44. The van der Waals surface area contributed by atoms with Gasteiger partial charge in [0, 0.05) is 30.6 Å². The summed E-state index contributed by atoms with van der Waals surface area (Å²) in [6.45, 7) is 1.65. The Morgan fingerprint density at radius 3 is 2.73 bits per heavy atom. The van der Waals surface area contributed by atoms with E-state index in [1.807, 2.05) is 41.3 Å². The smallest absolute Gasteiger partial charge is 0.225 e. The summed E-state index contributed by atoms with van der Waals surface area (Å²) in [6, 6.07) is 11.6. The first kappa shape index (κ1) is 16.8. The highest BCUT2D eigenvalue weighted by Crippen LogP contribution is 2.32. The standard InChI is InChI=1S/C20H23N3O3/c24-19(16-7-4-10-23(13-16)20(25)15-8-9-15)21-12-17-11-18(26-22-17)14-5-2-1-3-6-14/h1-3,5-6,11,15-16H,4,7-10,12-13H2,(H,21,24). The SMILES string of the molecule is O=C(NCc1cc(-c2ccccc2)on1)C1CCCN(C(=O)C2CC2)C1. The minimum atomic E-state index is -0.132. The molecule has 6 nitrogen and oxygen atoms in total. The highest BCUT2D eigenvalue weighted by Gasteiger charge is 2.36. The van der Waals surface area contributed by atoms with Gasteiger partial charge in [0.2, 0.25) is 11.8 Å². The molecule has 0 radical (unpaired) electrons. The Hall–Kier alpha value is -2.63. The Labute approximate surface area is 152 Å². The van der Waals surface area contributed by atoms with E-state index in [0.29, 0.717) is 24.5 Å². The second-order valence-electron chi connectivity index (χ2n) is 7.16. The lowest BCUT2D eigenvalue weighted by Gasteiger charge is -2.32. The molecule has 2 heterocycles. The van der Waals surface area contributed by atoms with Crippen LogP contribution in [0.15, 0.2) is 40.9 Å². The van der Waals surface area contributed by atoms with E-state index in [-0.39, 0.29) is 23.7 Å². The predicted octanol–water partition coefficient (Wildman–Crippen LogP) is 2.61. The third kappa shape index (κ3) is 3.79. The molecule has 26 heavy (non-hydrogen) atoms. The number of likely N-dealkylation sites (tertiary alicyclic amines) is 1. The molecule has 1 saturated heterocycles. The molecule has 4 rings (SSSR count). The maximum Gasteiger partial charge on any atom is 0.225 e. The molecule has 1 atom stereocenters. The summed E-state index contributed by atoms with van der Waals surface area (Å²) in [7, 11) is 0. The summed E-state index contributed by atoms with van der Waals surface area (Å²) < 4.78 is 5.36. The van der Waals surface area contributed by atoms with Crippen LogP contribution in [0.5, 0.6) is 0 Å². The van der Waals surface area contributed by atoms with Crippen LogP contribution in [0, 0.1) is 11.8 Å². The first-order valence-corrected chi connectivity index (χ1v) is 9.28. The molecule has 1 aliphatic carbocycles. The van der Waals surface area contributed by atoms with Crippen molar-refractivity contribution in [3.05, 3.63) is 42.1 Å². The van der Waals surface area contributed by atoms with Crippen LogP contribution in [0.2, 0.25) is 0 Å². The van der Waals surface area contributed by atoms with Crippen molar-refractivity contribution in [2.45, 2.75) is 32.2 Å². The predicted molar refractivity (Wildman–Crippen MR) is 95.8 cm³/mol. The van der Waals surface area contributed by atoms with E-state index in [1.54, 1.807) is 0 Å². The molecule has 2 aromatic rings. The van der Waals surface area contributed by atoms with Gasteiger partial charge < -0.3 is 14.7 Å². The molecular weight excluding hydrogens is 330 g/mol.